The highest BCUT2D eigenvalue weighted by Gasteiger charge is 2.18. The summed E-state index contributed by atoms with van der Waals surface area (Å²) in [5.41, 5.74) is 2.24. The summed E-state index contributed by atoms with van der Waals surface area (Å²) in [5, 5.41) is 0.511. The van der Waals surface area contributed by atoms with E-state index in [4.69, 9.17) is 23.2 Å². The summed E-state index contributed by atoms with van der Waals surface area (Å²) in [6.07, 6.45) is 0. The molecule has 1 N–H and O–H groups in total. The zero-order valence-electron chi connectivity index (χ0n) is 13.6. The molecule has 0 spiro atoms. The van der Waals surface area contributed by atoms with Crippen LogP contribution in [0.2, 0.25) is 10.0 Å². The van der Waals surface area contributed by atoms with Gasteiger partial charge in [-0.2, -0.15) is 0 Å². The summed E-state index contributed by atoms with van der Waals surface area (Å²) in [7, 11) is -3.67. The number of likely N-dealkylation sites (N-methyl/N-ethyl adjacent to an activating group) is 1. The summed E-state index contributed by atoms with van der Waals surface area (Å²) >= 11 is 11.8. The largest absolute Gasteiger partial charge is 0.370 e. The lowest BCUT2D eigenvalue weighted by Gasteiger charge is -2.23. The number of nitrogens with one attached hydrogen (secondary N) is 1. The standard InChI is InChI=1S/C17H20Cl2N2O2S/c1-3-21(15-6-4-5-13(2)11-15)10-9-20-24(22,23)17-8-7-14(18)12-16(17)19/h4-8,11-12,20H,3,9-10H2,1-2H3. The third kappa shape index (κ3) is 4.86. The molecular formula is C17H20Cl2N2O2S. The van der Waals surface area contributed by atoms with Crippen molar-refractivity contribution in [1.29, 1.82) is 0 Å². The van der Waals surface area contributed by atoms with Gasteiger partial charge in [0.2, 0.25) is 10.0 Å². The molecule has 0 aliphatic heterocycles. The summed E-state index contributed by atoms with van der Waals surface area (Å²) < 4.78 is 27.3. The smallest absolute Gasteiger partial charge is 0.242 e. The Morgan fingerprint density at radius 1 is 1.12 bits per heavy atom. The highest BCUT2D eigenvalue weighted by Crippen LogP contribution is 2.24. The van der Waals surface area contributed by atoms with Crippen molar-refractivity contribution in [1.82, 2.24) is 4.72 Å². The Morgan fingerprint density at radius 3 is 2.50 bits per heavy atom. The Bertz CT molecular complexity index is 810. The Morgan fingerprint density at radius 2 is 1.88 bits per heavy atom. The number of sulfonamides is 1. The number of benzene rings is 2. The summed E-state index contributed by atoms with van der Waals surface area (Å²) in [4.78, 5) is 2.14. The molecule has 0 unspecified atom stereocenters. The molecule has 0 heterocycles. The van der Waals surface area contributed by atoms with Gasteiger partial charge in [0.05, 0.1) is 5.02 Å². The topological polar surface area (TPSA) is 49.4 Å². The monoisotopic (exact) mass is 386 g/mol. The Kier molecular flexibility index (Phi) is 6.52. The van der Waals surface area contributed by atoms with Gasteiger partial charge in [-0.15, -0.1) is 0 Å². The fourth-order valence-electron chi connectivity index (χ4n) is 2.38. The molecule has 0 aromatic heterocycles. The number of hydrogen-bond donors (Lipinski definition) is 1. The lowest BCUT2D eigenvalue weighted by Crippen LogP contribution is -2.35. The zero-order chi connectivity index (χ0) is 17.7. The first-order valence-corrected chi connectivity index (χ1v) is 9.83. The molecule has 2 aromatic carbocycles. The van der Waals surface area contributed by atoms with Crippen LogP contribution in [0.15, 0.2) is 47.4 Å². The highest BCUT2D eigenvalue weighted by atomic mass is 35.5. The maximum absolute atomic E-state index is 12.4. The van der Waals surface area contributed by atoms with Crippen LogP contribution in [-0.2, 0) is 10.0 Å². The second-order valence-corrected chi connectivity index (χ2v) is 7.97. The van der Waals surface area contributed by atoms with Crippen LogP contribution in [0.1, 0.15) is 12.5 Å². The zero-order valence-corrected chi connectivity index (χ0v) is 15.9. The molecule has 0 amide bonds. The van der Waals surface area contributed by atoms with E-state index >= 15 is 0 Å². The van der Waals surface area contributed by atoms with Gasteiger partial charge in [-0.05, 0) is 49.7 Å². The van der Waals surface area contributed by atoms with Gasteiger partial charge in [0.1, 0.15) is 4.90 Å². The Labute approximate surface area is 153 Å². The van der Waals surface area contributed by atoms with E-state index < -0.39 is 10.0 Å². The first kappa shape index (κ1) is 19.1. The second-order valence-electron chi connectivity index (χ2n) is 5.39. The van der Waals surface area contributed by atoms with Gasteiger partial charge in [0.15, 0.2) is 0 Å². The third-order valence-electron chi connectivity index (χ3n) is 3.61. The Hall–Kier alpha value is -1.27. The minimum Gasteiger partial charge on any atom is -0.370 e. The molecule has 2 aromatic rings. The molecule has 0 aliphatic rings. The van der Waals surface area contributed by atoms with Crippen LogP contribution in [0, 0.1) is 6.92 Å². The Balaban J connectivity index is 2.04. The molecule has 7 heteroatoms. The van der Waals surface area contributed by atoms with E-state index in [1.807, 2.05) is 32.0 Å². The molecule has 0 aliphatic carbocycles. The third-order valence-corrected chi connectivity index (χ3v) is 5.78. The van der Waals surface area contributed by atoms with Gasteiger partial charge >= 0.3 is 0 Å². The van der Waals surface area contributed by atoms with Crippen LogP contribution in [0.25, 0.3) is 0 Å². The SMILES string of the molecule is CCN(CCNS(=O)(=O)c1ccc(Cl)cc1Cl)c1cccc(C)c1. The minimum absolute atomic E-state index is 0.0344. The van der Waals surface area contributed by atoms with Crippen LogP contribution in [0.5, 0.6) is 0 Å². The first-order valence-electron chi connectivity index (χ1n) is 7.60. The second kappa shape index (κ2) is 8.21. The lowest BCUT2D eigenvalue weighted by atomic mass is 10.2. The summed E-state index contributed by atoms with van der Waals surface area (Å²) in [6.45, 7) is 5.69. The highest BCUT2D eigenvalue weighted by molar-refractivity contribution is 7.89. The van der Waals surface area contributed by atoms with E-state index in [1.54, 1.807) is 0 Å². The van der Waals surface area contributed by atoms with Crippen molar-refractivity contribution < 1.29 is 8.42 Å². The van der Waals surface area contributed by atoms with E-state index in [9.17, 15) is 8.42 Å². The quantitative estimate of drug-likeness (QED) is 0.778. The van der Waals surface area contributed by atoms with Gasteiger partial charge in [-0.3, -0.25) is 0 Å². The van der Waals surface area contributed by atoms with Gasteiger partial charge in [0, 0.05) is 30.3 Å². The van der Waals surface area contributed by atoms with Crippen molar-refractivity contribution in [2.75, 3.05) is 24.5 Å². The number of hydrogen-bond acceptors (Lipinski definition) is 3. The molecule has 24 heavy (non-hydrogen) atoms. The van der Waals surface area contributed by atoms with Crippen molar-refractivity contribution in [3.05, 3.63) is 58.1 Å². The fraction of sp³-hybridized carbons (Fsp3) is 0.294. The van der Waals surface area contributed by atoms with Crippen molar-refractivity contribution in [2.24, 2.45) is 0 Å². The molecule has 0 saturated heterocycles. The number of rotatable bonds is 7. The van der Waals surface area contributed by atoms with Crippen molar-refractivity contribution in [2.45, 2.75) is 18.7 Å². The number of anilines is 1. The normalized spacial score (nSPS) is 11.5. The maximum atomic E-state index is 12.4. The average Bonchev–Trinajstić information content (AvgIpc) is 2.51. The van der Waals surface area contributed by atoms with Gasteiger partial charge in [-0.25, -0.2) is 13.1 Å². The minimum atomic E-state index is -3.67. The predicted octanol–water partition coefficient (Wildman–Crippen LogP) is 4.11. The van der Waals surface area contributed by atoms with Crippen LogP contribution >= 0.6 is 23.2 Å². The van der Waals surface area contributed by atoms with E-state index in [0.29, 0.717) is 11.6 Å². The van der Waals surface area contributed by atoms with Crippen LogP contribution in [-0.4, -0.2) is 28.1 Å². The van der Waals surface area contributed by atoms with Crippen molar-refractivity contribution in [3.8, 4) is 0 Å². The van der Waals surface area contributed by atoms with E-state index in [0.717, 1.165) is 12.2 Å². The number of halogens is 2. The average molecular weight is 387 g/mol. The molecule has 0 atom stereocenters. The molecule has 0 fully saturated rings. The van der Waals surface area contributed by atoms with E-state index in [1.165, 1.54) is 23.8 Å². The summed E-state index contributed by atoms with van der Waals surface area (Å²) in [5.74, 6) is 0. The fourth-order valence-corrected chi connectivity index (χ4v) is 4.17. The molecule has 0 bridgehead atoms. The predicted molar refractivity (Wildman–Crippen MR) is 101 cm³/mol. The molecule has 130 valence electrons. The molecule has 0 radical (unpaired) electrons. The maximum Gasteiger partial charge on any atom is 0.242 e. The van der Waals surface area contributed by atoms with Gasteiger partial charge in [-0.1, -0.05) is 35.3 Å². The first-order chi connectivity index (χ1) is 11.3. The number of aryl methyl sites for hydroxylation is 1. The van der Waals surface area contributed by atoms with E-state index in [2.05, 4.69) is 15.7 Å². The van der Waals surface area contributed by atoms with Crippen LogP contribution in [0.4, 0.5) is 5.69 Å². The lowest BCUT2D eigenvalue weighted by molar-refractivity contribution is 0.581. The molecule has 0 saturated carbocycles. The van der Waals surface area contributed by atoms with Gasteiger partial charge in [0.25, 0.3) is 0 Å². The molecule has 2 rings (SSSR count). The van der Waals surface area contributed by atoms with E-state index in [-0.39, 0.29) is 16.5 Å². The van der Waals surface area contributed by atoms with Crippen molar-refractivity contribution in [3.63, 3.8) is 0 Å². The summed E-state index contributed by atoms with van der Waals surface area (Å²) in [6, 6.07) is 12.4. The van der Waals surface area contributed by atoms with Crippen LogP contribution in [0.3, 0.4) is 0 Å². The van der Waals surface area contributed by atoms with Gasteiger partial charge < -0.3 is 4.90 Å². The van der Waals surface area contributed by atoms with Crippen molar-refractivity contribution >= 4 is 38.9 Å². The molecule has 4 nitrogen and oxygen atoms in total. The van der Waals surface area contributed by atoms with Crippen LogP contribution < -0.4 is 9.62 Å². The number of nitrogens with zero attached hydrogens (tertiary/aromatic N) is 1. The molecular weight excluding hydrogens is 367 g/mol.